The molecule has 2 saturated heterocycles. The number of anilines is 1. The van der Waals surface area contributed by atoms with E-state index in [4.69, 9.17) is 12.2 Å². The number of benzene rings is 2. The normalized spacial score (nSPS) is 17.9. The lowest BCUT2D eigenvalue weighted by Gasteiger charge is -2.31. The van der Waals surface area contributed by atoms with Gasteiger partial charge in [0.1, 0.15) is 4.32 Å². The van der Waals surface area contributed by atoms with Gasteiger partial charge in [-0.2, -0.15) is 0 Å². The average Bonchev–Trinajstić information content (AvgIpc) is 3.13. The molecule has 0 radical (unpaired) electrons. The molecule has 3 heterocycles. The van der Waals surface area contributed by atoms with Crippen molar-refractivity contribution < 1.29 is 4.79 Å². The molecule has 0 aliphatic carbocycles. The summed E-state index contributed by atoms with van der Waals surface area (Å²) in [6.07, 6.45) is 5.19. The summed E-state index contributed by atoms with van der Waals surface area (Å²) in [5.41, 5.74) is 3.42. The number of fused-ring (bicyclic) bond motifs is 1. The van der Waals surface area contributed by atoms with Gasteiger partial charge in [-0.25, -0.2) is 0 Å². The number of thiocarbonyl (C=S) groups is 1. The zero-order valence-electron chi connectivity index (χ0n) is 19.2. The summed E-state index contributed by atoms with van der Waals surface area (Å²) in [6, 6.07) is 17.9. The Labute approximate surface area is 209 Å². The summed E-state index contributed by atoms with van der Waals surface area (Å²) in [7, 11) is 0. The van der Waals surface area contributed by atoms with Crippen LogP contribution in [0.3, 0.4) is 0 Å². The largest absolute Gasteiger partial charge is 0.370 e. The first-order valence-corrected chi connectivity index (χ1v) is 13.0. The summed E-state index contributed by atoms with van der Waals surface area (Å²) in [6.45, 7) is 4.80. The van der Waals surface area contributed by atoms with Crippen LogP contribution in [0.4, 0.5) is 5.69 Å². The van der Waals surface area contributed by atoms with Crippen LogP contribution >= 0.6 is 24.0 Å². The number of rotatable bonds is 5. The molecule has 0 N–H and O–H groups in total. The molecule has 0 bridgehead atoms. The van der Waals surface area contributed by atoms with Crippen molar-refractivity contribution in [3.05, 3.63) is 81.0 Å². The van der Waals surface area contributed by atoms with E-state index in [2.05, 4.69) is 11.0 Å². The second kappa shape index (κ2) is 9.76. The lowest BCUT2D eigenvalue weighted by molar-refractivity contribution is -0.122. The average molecular weight is 490 g/mol. The number of nitrogens with zero attached hydrogens (tertiary/aromatic N) is 3. The highest BCUT2D eigenvalue weighted by Crippen LogP contribution is 2.37. The predicted molar refractivity (Wildman–Crippen MR) is 145 cm³/mol. The van der Waals surface area contributed by atoms with Gasteiger partial charge in [0.05, 0.1) is 28.2 Å². The minimum atomic E-state index is -0.140. The van der Waals surface area contributed by atoms with E-state index in [0.717, 1.165) is 48.1 Å². The topological polar surface area (TPSA) is 45.6 Å². The molecule has 2 aliphatic rings. The third-order valence-electron chi connectivity index (χ3n) is 6.50. The van der Waals surface area contributed by atoms with E-state index in [-0.39, 0.29) is 11.5 Å². The fraction of sp³-hybridized carbons (Fsp3) is 0.296. The number of aryl methyl sites for hydroxylation is 1. The summed E-state index contributed by atoms with van der Waals surface area (Å²) in [4.78, 5) is 31.6. The van der Waals surface area contributed by atoms with Gasteiger partial charge in [0, 0.05) is 25.0 Å². The Morgan fingerprint density at radius 1 is 0.971 bits per heavy atom. The maximum atomic E-state index is 13.8. The maximum Gasteiger partial charge on any atom is 0.266 e. The van der Waals surface area contributed by atoms with Crippen molar-refractivity contribution in [1.82, 2.24) is 9.47 Å². The van der Waals surface area contributed by atoms with Gasteiger partial charge in [-0.05, 0) is 43.9 Å². The number of carbonyl (C=O) groups excluding carboxylic acids is 1. The van der Waals surface area contributed by atoms with Crippen LogP contribution in [0.1, 0.15) is 37.3 Å². The first-order valence-electron chi connectivity index (χ1n) is 11.8. The molecule has 3 aromatic rings. The number of para-hydroxylation sites is 1. The molecule has 5 nitrogen and oxygen atoms in total. The Bertz CT molecular complexity index is 1340. The van der Waals surface area contributed by atoms with Crippen molar-refractivity contribution in [3.63, 3.8) is 0 Å². The van der Waals surface area contributed by atoms with Crippen LogP contribution in [-0.4, -0.2) is 32.8 Å². The maximum absolute atomic E-state index is 13.8. The van der Waals surface area contributed by atoms with Gasteiger partial charge in [-0.15, -0.1) is 0 Å². The quantitative estimate of drug-likeness (QED) is 0.354. The molecule has 2 fully saturated rings. The summed E-state index contributed by atoms with van der Waals surface area (Å²) >= 11 is 6.84. The Morgan fingerprint density at radius 3 is 2.41 bits per heavy atom. The highest BCUT2D eigenvalue weighted by Gasteiger charge is 2.33. The number of hydrogen-bond donors (Lipinski definition) is 0. The van der Waals surface area contributed by atoms with E-state index >= 15 is 0 Å². The highest BCUT2D eigenvalue weighted by atomic mass is 32.2. The van der Waals surface area contributed by atoms with Crippen molar-refractivity contribution in [2.24, 2.45) is 0 Å². The number of carbonyl (C=O) groups is 1. The van der Waals surface area contributed by atoms with Gasteiger partial charge in [0.2, 0.25) is 0 Å². The van der Waals surface area contributed by atoms with Crippen LogP contribution in [0.2, 0.25) is 0 Å². The van der Waals surface area contributed by atoms with E-state index in [1.807, 2.05) is 55.5 Å². The van der Waals surface area contributed by atoms with Crippen LogP contribution in [0.25, 0.3) is 17.0 Å². The molecule has 1 aromatic heterocycles. The fourth-order valence-corrected chi connectivity index (χ4v) is 6.08. The van der Waals surface area contributed by atoms with Gasteiger partial charge >= 0.3 is 0 Å². The molecule has 34 heavy (non-hydrogen) atoms. The number of piperidine rings is 1. The third kappa shape index (κ3) is 4.18. The molecule has 0 atom stereocenters. The molecule has 0 saturated carbocycles. The first-order chi connectivity index (χ1) is 16.6. The SMILES string of the molecule is CCn1c(=O)c(C=C2SC(=S)N(Cc3ccccc3)C2=O)c(N2CCCCC2)c2ccccc21. The highest BCUT2D eigenvalue weighted by molar-refractivity contribution is 8.26. The Balaban J connectivity index is 1.63. The van der Waals surface area contributed by atoms with Crippen molar-refractivity contribution >= 4 is 56.9 Å². The molecule has 0 unspecified atom stereocenters. The van der Waals surface area contributed by atoms with Gasteiger partial charge in [0.15, 0.2) is 0 Å². The molecular weight excluding hydrogens is 462 g/mol. The third-order valence-corrected chi connectivity index (χ3v) is 7.88. The second-order valence-corrected chi connectivity index (χ2v) is 10.3. The number of amides is 1. The van der Waals surface area contributed by atoms with Crippen molar-refractivity contribution in [1.29, 1.82) is 0 Å². The van der Waals surface area contributed by atoms with Gasteiger partial charge in [-0.1, -0.05) is 72.5 Å². The van der Waals surface area contributed by atoms with Gasteiger partial charge < -0.3 is 9.47 Å². The zero-order chi connectivity index (χ0) is 23.7. The zero-order valence-corrected chi connectivity index (χ0v) is 20.8. The lowest BCUT2D eigenvalue weighted by atomic mass is 10.0. The Kier molecular flexibility index (Phi) is 6.57. The first kappa shape index (κ1) is 22.9. The van der Waals surface area contributed by atoms with Gasteiger partial charge in [0.25, 0.3) is 11.5 Å². The molecule has 5 rings (SSSR count). The monoisotopic (exact) mass is 489 g/mol. The molecule has 1 amide bonds. The second-order valence-electron chi connectivity index (χ2n) is 8.63. The van der Waals surface area contributed by atoms with Crippen molar-refractivity contribution in [3.8, 4) is 0 Å². The molecule has 2 aromatic carbocycles. The Morgan fingerprint density at radius 2 is 1.68 bits per heavy atom. The van der Waals surface area contributed by atoms with Crippen LogP contribution < -0.4 is 10.5 Å². The number of aromatic nitrogens is 1. The van der Waals surface area contributed by atoms with E-state index in [1.54, 1.807) is 15.5 Å². The standard InChI is InChI=1S/C27H27N3O2S2/c1-2-29-22-14-8-7-13-20(22)24(28-15-9-4-10-16-28)21(25(29)31)17-23-26(32)30(27(33)34-23)18-19-11-5-3-6-12-19/h3,5-8,11-14,17H,2,4,9-10,15-16,18H2,1H3. The minimum Gasteiger partial charge on any atom is -0.370 e. The van der Waals surface area contributed by atoms with Crippen molar-refractivity contribution in [2.45, 2.75) is 39.3 Å². The van der Waals surface area contributed by atoms with E-state index in [0.29, 0.717) is 27.9 Å². The fourth-order valence-electron chi connectivity index (χ4n) is 4.85. The smallest absolute Gasteiger partial charge is 0.266 e. The number of thioether (sulfide) groups is 1. The summed E-state index contributed by atoms with van der Waals surface area (Å²) in [5, 5.41) is 1.05. The van der Waals surface area contributed by atoms with E-state index < -0.39 is 0 Å². The molecule has 174 valence electrons. The Hall–Kier alpha value is -2.90. The molecule has 0 spiro atoms. The van der Waals surface area contributed by atoms with Crippen LogP contribution in [0.15, 0.2) is 64.3 Å². The van der Waals surface area contributed by atoms with Crippen LogP contribution in [0.5, 0.6) is 0 Å². The molecule has 2 aliphatic heterocycles. The lowest BCUT2D eigenvalue weighted by Crippen LogP contribution is -2.33. The summed E-state index contributed by atoms with van der Waals surface area (Å²) < 4.78 is 2.33. The number of hydrogen-bond acceptors (Lipinski definition) is 5. The summed E-state index contributed by atoms with van der Waals surface area (Å²) in [5.74, 6) is -0.140. The minimum absolute atomic E-state index is 0.0601. The van der Waals surface area contributed by atoms with Crippen molar-refractivity contribution in [2.75, 3.05) is 18.0 Å². The molecular formula is C27H27N3O2S2. The van der Waals surface area contributed by atoms with Crippen LogP contribution in [-0.2, 0) is 17.9 Å². The van der Waals surface area contributed by atoms with Gasteiger partial charge in [-0.3, -0.25) is 14.5 Å². The molecule has 7 heteroatoms. The van der Waals surface area contributed by atoms with E-state index in [1.165, 1.54) is 18.2 Å². The number of pyridine rings is 1. The van der Waals surface area contributed by atoms with E-state index in [9.17, 15) is 9.59 Å². The predicted octanol–water partition coefficient (Wildman–Crippen LogP) is 5.41. The van der Waals surface area contributed by atoms with Crippen LogP contribution in [0, 0.1) is 0 Å².